The van der Waals surface area contributed by atoms with E-state index in [1.807, 2.05) is 0 Å². The van der Waals surface area contributed by atoms with Crippen LogP contribution in [0.5, 0.6) is 0 Å². The number of unbranched alkanes of at least 4 members (excludes halogenated alkanes) is 2. The first kappa shape index (κ1) is 29.3. The largest absolute Gasteiger partial charge is 0.445 e. The average molecular weight is 496 g/mol. The fraction of sp³-hybridized carbons (Fsp3) is 0.591. The van der Waals surface area contributed by atoms with Gasteiger partial charge in [-0.15, -0.1) is 0 Å². The molecule has 0 aromatic heterocycles. The van der Waals surface area contributed by atoms with Crippen LogP contribution in [0.25, 0.3) is 0 Å². The third kappa shape index (κ3) is 10.8. The lowest BCUT2D eigenvalue weighted by Crippen LogP contribution is -2.54. The summed E-state index contributed by atoms with van der Waals surface area (Å²) in [5.74, 6) is -3.36. The van der Waals surface area contributed by atoms with Crippen LogP contribution in [0, 0.1) is 0 Å². The smallest absolute Gasteiger partial charge is 0.304 e. The van der Waals surface area contributed by atoms with Crippen LogP contribution in [0.1, 0.15) is 53.4 Å². The number of ether oxygens (including phenoxy) is 1. The summed E-state index contributed by atoms with van der Waals surface area (Å²) in [5, 5.41) is 9.75. The minimum Gasteiger partial charge on any atom is -0.445 e. The van der Waals surface area contributed by atoms with E-state index in [1.165, 1.54) is 39.8 Å². The molecule has 0 saturated heterocycles. The molecule has 0 saturated carbocycles. The summed E-state index contributed by atoms with van der Waals surface area (Å²) in [4.78, 5) is 83.2. The zero-order valence-electron chi connectivity index (χ0n) is 20.3. The first-order valence-corrected chi connectivity index (χ1v) is 11.3. The van der Waals surface area contributed by atoms with Crippen molar-refractivity contribution in [3.8, 4) is 0 Å². The highest BCUT2D eigenvalue weighted by Gasteiger charge is 2.24. The van der Waals surface area contributed by atoms with Crippen LogP contribution in [0.3, 0.4) is 0 Å². The number of rotatable bonds is 14. The van der Waals surface area contributed by atoms with Crippen molar-refractivity contribution in [2.45, 2.75) is 71.5 Å². The Kier molecular flexibility index (Phi) is 12.1. The number of nitrogens with zero attached hydrogens (tertiary/aromatic N) is 1. The highest BCUT2D eigenvalue weighted by atomic mass is 16.5. The monoisotopic (exact) mass is 495 g/mol. The molecule has 0 radical (unpaired) electrons. The fourth-order valence-corrected chi connectivity index (χ4v) is 2.93. The van der Waals surface area contributed by atoms with E-state index in [0.29, 0.717) is 19.3 Å². The van der Waals surface area contributed by atoms with Crippen molar-refractivity contribution in [3.63, 3.8) is 0 Å². The molecule has 194 valence electrons. The van der Waals surface area contributed by atoms with Gasteiger partial charge in [-0.1, -0.05) is 6.42 Å². The minimum atomic E-state index is -0.976. The summed E-state index contributed by atoms with van der Waals surface area (Å²) >= 11 is 0. The molecule has 0 aromatic carbocycles. The second-order valence-corrected chi connectivity index (χ2v) is 8.04. The molecular weight excluding hydrogens is 462 g/mol. The van der Waals surface area contributed by atoms with Crippen molar-refractivity contribution in [3.05, 3.63) is 12.2 Å². The molecule has 13 nitrogen and oxygen atoms in total. The van der Waals surface area contributed by atoms with Gasteiger partial charge in [0.15, 0.2) is 6.73 Å². The molecule has 0 bridgehead atoms. The fourth-order valence-electron chi connectivity index (χ4n) is 2.93. The molecule has 0 unspecified atom stereocenters. The van der Waals surface area contributed by atoms with Crippen molar-refractivity contribution in [1.29, 1.82) is 0 Å². The second kappa shape index (κ2) is 14.5. The third-order valence-electron chi connectivity index (χ3n) is 4.98. The van der Waals surface area contributed by atoms with Crippen LogP contribution in [0.4, 0.5) is 0 Å². The number of carbonyl (C=O) groups is 7. The lowest BCUT2D eigenvalue weighted by Gasteiger charge is -2.20. The lowest BCUT2D eigenvalue weighted by atomic mass is 10.1. The van der Waals surface area contributed by atoms with Gasteiger partial charge in [0, 0.05) is 32.0 Å². The maximum absolute atomic E-state index is 12.3. The summed E-state index contributed by atoms with van der Waals surface area (Å²) in [6.07, 6.45) is 4.30. The van der Waals surface area contributed by atoms with Crippen LogP contribution in [0.15, 0.2) is 12.2 Å². The first-order chi connectivity index (χ1) is 16.4. The van der Waals surface area contributed by atoms with E-state index >= 15 is 0 Å². The topological polar surface area (TPSA) is 180 Å². The molecule has 0 fully saturated rings. The van der Waals surface area contributed by atoms with Crippen LogP contribution in [0.2, 0.25) is 0 Å². The van der Waals surface area contributed by atoms with Crippen molar-refractivity contribution < 1.29 is 38.3 Å². The number of imide groups is 1. The van der Waals surface area contributed by atoms with E-state index in [0.717, 1.165) is 4.90 Å². The summed E-state index contributed by atoms with van der Waals surface area (Å²) in [7, 11) is 0. The molecule has 0 aromatic rings. The van der Waals surface area contributed by atoms with Gasteiger partial charge in [-0.05, 0) is 33.6 Å². The van der Waals surface area contributed by atoms with Gasteiger partial charge in [-0.3, -0.25) is 38.5 Å². The summed E-state index contributed by atoms with van der Waals surface area (Å²) in [6.45, 7) is 5.48. The Balaban J connectivity index is 2.27. The highest BCUT2D eigenvalue weighted by molar-refractivity contribution is 6.12. The van der Waals surface area contributed by atoms with E-state index in [4.69, 9.17) is 0 Å². The minimum absolute atomic E-state index is 0.160. The van der Waals surface area contributed by atoms with Crippen LogP contribution in [-0.4, -0.2) is 77.7 Å². The Morgan fingerprint density at radius 2 is 1.31 bits per heavy atom. The van der Waals surface area contributed by atoms with Crippen molar-refractivity contribution in [2.24, 2.45) is 0 Å². The Morgan fingerprint density at radius 1 is 0.800 bits per heavy atom. The summed E-state index contributed by atoms with van der Waals surface area (Å²) < 4.78 is 4.59. The molecule has 1 heterocycles. The van der Waals surface area contributed by atoms with Gasteiger partial charge in [-0.25, -0.2) is 0 Å². The molecular formula is C22H33N5O8. The van der Waals surface area contributed by atoms with E-state index in [1.54, 1.807) is 0 Å². The molecule has 0 aliphatic carbocycles. The Labute approximate surface area is 203 Å². The molecule has 13 heteroatoms. The summed E-state index contributed by atoms with van der Waals surface area (Å²) in [6, 6.07) is -2.81. The number of nitrogens with one attached hydrogen (secondary N) is 4. The quantitative estimate of drug-likeness (QED) is 0.0985. The Bertz CT molecular complexity index is 854. The number of hydrogen-bond acceptors (Lipinski definition) is 8. The zero-order chi connectivity index (χ0) is 26.5. The van der Waals surface area contributed by atoms with Gasteiger partial charge in [-0.2, -0.15) is 0 Å². The maximum atomic E-state index is 12.3. The molecule has 1 aliphatic heterocycles. The number of carbonyl (C=O) groups excluding carboxylic acids is 7. The van der Waals surface area contributed by atoms with E-state index in [2.05, 4.69) is 26.0 Å². The van der Waals surface area contributed by atoms with E-state index < -0.39 is 41.8 Å². The zero-order valence-corrected chi connectivity index (χ0v) is 20.3. The van der Waals surface area contributed by atoms with Crippen LogP contribution < -0.4 is 21.3 Å². The van der Waals surface area contributed by atoms with Gasteiger partial charge < -0.3 is 26.0 Å². The predicted octanol–water partition coefficient (Wildman–Crippen LogP) is -1.38. The highest BCUT2D eigenvalue weighted by Crippen LogP contribution is 2.07. The number of amides is 6. The van der Waals surface area contributed by atoms with E-state index in [9.17, 15) is 33.6 Å². The van der Waals surface area contributed by atoms with Gasteiger partial charge in [0.25, 0.3) is 11.8 Å². The van der Waals surface area contributed by atoms with Crippen molar-refractivity contribution >= 4 is 41.4 Å². The average Bonchev–Trinajstić information content (AvgIpc) is 3.10. The maximum Gasteiger partial charge on any atom is 0.304 e. The van der Waals surface area contributed by atoms with Gasteiger partial charge in [0.05, 0.1) is 0 Å². The van der Waals surface area contributed by atoms with Crippen LogP contribution in [-0.2, 0) is 38.3 Å². The van der Waals surface area contributed by atoms with Crippen LogP contribution >= 0.6 is 0 Å². The standard InChI is InChI=1S/C22H33N5O8/c1-13(20(32)23-12-35-16(4)28)25-22(34)15(3)26-21(33)14(2)24-17(29)8-6-5-7-11-27-18(30)9-10-19(27)31/h9-10,13-15H,5-8,11-12H2,1-4H3,(H,23,32)(H,24,29)(H,25,34)(H,26,33)/t13-,14-,15-/m0/s1. The Hall–Kier alpha value is -3.77. The molecule has 1 rings (SSSR count). The number of hydrogen-bond donors (Lipinski definition) is 4. The Morgan fingerprint density at radius 3 is 1.86 bits per heavy atom. The second-order valence-electron chi connectivity index (χ2n) is 8.04. The lowest BCUT2D eigenvalue weighted by molar-refractivity contribution is -0.143. The number of esters is 1. The third-order valence-corrected chi connectivity index (χ3v) is 4.98. The molecule has 6 amide bonds. The molecule has 3 atom stereocenters. The van der Waals surface area contributed by atoms with Crippen molar-refractivity contribution in [1.82, 2.24) is 26.2 Å². The van der Waals surface area contributed by atoms with Gasteiger partial charge in [0.2, 0.25) is 23.6 Å². The molecule has 4 N–H and O–H groups in total. The normalized spacial score (nSPS) is 15.1. The van der Waals surface area contributed by atoms with Gasteiger partial charge >= 0.3 is 5.97 Å². The molecule has 1 aliphatic rings. The molecule has 0 spiro atoms. The van der Waals surface area contributed by atoms with Gasteiger partial charge in [0.1, 0.15) is 18.1 Å². The van der Waals surface area contributed by atoms with Crippen molar-refractivity contribution in [2.75, 3.05) is 13.3 Å². The first-order valence-electron chi connectivity index (χ1n) is 11.3. The predicted molar refractivity (Wildman–Crippen MR) is 122 cm³/mol. The summed E-state index contributed by atoms with van der Waals surface area (Å²) in [5.41, 5.74) is 0. The SMILES string of the molecule is CC(=O)OCNC(=O)[C@H](C)NC(=O)[C@H](C)NC(=O)[C@H](C)NC(=O)CCCCCN1C(=O)C=CC1=O. The molecule has 35 heavy (non-hydrogen) atoms. The van der Waals surface area contributed by atoms with E-state index in [-0.39, 0.29) is 37.4 Å².